The summed E-state index contributed by atoms with van der Waals surface area (Å²) in [5.74, 6) is -0.649. The lowest BCUT2D eigenvalue weighted by Gasteiger charge is -2.29. The van der Waals surface area contributed by atoms with Gasteiger partial charge in [-0.3, -0.25) is 4.79 Å². The van der Waals surface area contributed by atoms with Gasteiger partial charge in [0.15, 0.2) is 0 Å². The predicted octanol–water partition coefficient (Wildman–Crippen LogP) is 2.14. The maximum atomic E-state index is 14.4. The zero-order chi connectivity index (χ0) is 16.9. The average Bonchev–Trinajstić information content (AvgIpc) is 3.14. The highest BCUT2D eigenvalue weighted by atomic mass is 19.1. The Bertz CT molecular complexity index is 737. The summed E-state index contributed by atoms with van der Waals surface area (Å²) < 4.78 is 19.7. The number of amides is 1. The third-order valence-electron chi connectivity index (χ3n) is 3.88. The predicted molar refractivity (Wildman–Crippen MR) is 89.9 cm³/mol. The van der Waals surface area contributed by atoms with Crippen LogP contribution >= 0.6 is 0 Å². The molecule has 0 spiro atoms. The Labute approximate surface area is 139 Å². The fourth-order valence-electron chi connectivity index (χ4n) is 2.52. The number of morpholine rings is 1. The number of H-pyrrole nitrogens is 1. The molecule has 0 saturated carbocycles. The van der Waals surface area contributed by atoms with E-state index in [2.05, 4.69) is 15.5 Å². The Morgan fingerprint density at radius 2 is 2.12 bits per heavy atom. The number of anilines is 1. The number of hydrogen-bond acceptors (Lipinski definition) is 4. The van der Waals surface area contributed by atoms with Crippen molar-refractivity contribution in [3.8, 4) is 0 Å². The van der Waals surface area contributed by atoms with Gasteiger partial charge in [-0.1, -0.05) is 6.07 Å². The molecule has 0 unspecified atom stereocenters. The molecule has 1 saturated heterocycles. The number of nitrogens with one attached hydrogen (secondary N) is 2. The Morgan fingerprint density at radius 3 is 2.79 bits per heavy atom. The van der Waals surface area contributed by atoms with E-state index in [1.54, 1.807) is 37.4 Å². The van der Waals surface area contributed by atoms with Gasteiger partial charge in [0.1, 0.15) is 11.5 Å². The Balaban J connectivity index is 1.70. The zero-order valence-corrected chi connectivity index (χ0v) is 13.4. The van der Waals surface area contributed by atoms with Crippen molar-refractivity contribution in [1.29, 1.82) is 0 Å². The number of halogens is 1. The Morgan fingerprint density at radius 1 is 1.33 bits per heavy atom. The van der Waals surface area contributed by atoms with Gasteiger partial charge in [-0.2, -0.15) is 5.10 Å². The van der Waals surface area contributed by atoms with Crippen LogP contribution in [0.1, 0.15) is 23.0 Å². The van der Waals surface area contributed by atoms with Crippen LogP contribution in [0.15, 0.2) is 41.6 Å². The van der Waals surface area contributed by atoms with E-state index in [0.717, 1.165) is 0 Å². The van der Waals surface area contributed by atoms with Gasteiger partial charge in [0.25, 0.3) is 5.91 Å². The molecule has 6 nitrogen and oxygen atoms in total. The summed E-state index contributed by atoms with van der Waals surface area (Å²) in [6.07, 6.45) is 1.66. The van der Waals surface area contributed by atoms with Gasteiger partial charge in [-0.05, 0) is 31.2 Å². The van der Waals surface area contributed by atoms with Crippen LogP contribution in [0, 0.1) is 5.82 Å². The first-order chi connectivity index (χ1) is 11.6. The van der Waals surface area contributed by atoms with E-state index in [4.69, 9.17) is 4.74 Å². The molecule has 7 heteroatoms. The van der Waals surface area contributed by atoms with Gasteiger partial charge in [-0.15, -0.1) is 0 Å². The van der Waals surface area contributed by atoms with Gasteiger partial charge in [0, 0.05) is 24.8 Å². The maximum Gasteiger partial charge on any atom is 0.287 e. The highest BCUT2D eigenvalue weighted by Crippen LogP contribution is 2.21. The van der Waals surface area contributed by atoms with Gasteiger partial charge in [0.05, 0.1) is 24.6 Å². The van der Waals surface area contributed by atoms with Crippen LogP contribution in [0.25, 0.3) is 0 Å². The van der Waals surface area contributed by atoms with Gasteiger partial charge < -0.3 is 14.6 Å². The second kappa shape index (κ2) is 7.27. The number of rotatable bonds is 4. The summed E-state index contributed by atoms with van der Waals surface area (Å²) in [4.78, 5) is 16.6. The first-order valence-electron chi connectivity index (χ1n) is 7.76. The fraction of sp³-hybridized carbons (Fsp3) is 0.294. The molecule has 1 aromatic heterocycles. The highest BCUT2D eigenvalue weighted by molar-refractivity contribution is 6.00. The van der Waals surface area contributed by atoms with Gasteiger partial charge in [0.2, 0.25) is 0 Å². The molecule has 24 heavy (non-hydrogen) atoms. The summed E-state index contributed by atoms with van der Waals surface area (Å²) in [6, 6.07) is 8.35. The van der Waals surface area contributed by atoms with Crippen LogP contribution in [0.4, 0.5) is 10.1 Å². The normalized spacial score (nSPS) is 15.4. The minimum absolute atomic E-state index is 0.306. The quantitative estimate of drug-likeness (QED) is 0.667. The lowest BCUT2D eigenvalue weighted by molar-refractivity contribution is 0.0950. The maximum absolute atomic E-state index is 14.4. The molecular formula is C17H19FN4O2. The SMILES string of the molecule is C/C(=N/NC(=O)c1ccc[nH]1)c1ccc(N2CCOCC2)c(F)c1. The molecule has 0 aliphatic carbocycles. The second-order valence-corrected chi connectivity index (χ2v) is 5.49. The van der Waals surface area contributed by atoms with E-state index in [-0.39, 0.29) is 11.7 Å². The van der Waals surface area contributed by atoms with Crippen LogP contribution < -0.4 is 10.3 Å². The Hall–Kier alpha value is -2.67. The third-order valence-corrected chi connectivity index (χ3v) is 3.88. The summed E-state index contributed by atoms with van der Waals surface area (Å²) in [5, 5.41) is 4.03. The number of hydrazone groups is 1. The smallest absolute Gasteiger partial charge is 0.287 e. The van der Waals surface area contributed by atoms with Crippen molar-refractivity contribution >= 4 is 17.3 Å². The first-order valence-corrected chi connectivity index (χ1v) is 7.76. The van der Waals surface area contributed by atoms with Crippen molar-refractivity contribution in [2.75, 3.05) is 31.2 Å². The standard InChI is InChI=1S/C17H19FN4O2/c1-12(20-21-17(23)15-3-2-6-19-15)13-4-5-16(14(18)11-13)22-7-9-24-10-8-22/h2-6,11,19H,7-10H2,1H3,(H,21,23)/b20-12-. The van der Waals surface area contributed by atoms with Crippen LogP contribution in [0.3, 0.4) is 0 Å². The third kappa shape index (κ3) is 3.62. The molecule has 0 radical (unpaired) electrons. The summed E-state index contributed by atoms with van der Waals surface area (Å²) in [5.41, 5.74) is 4.58. The van der Waals surface area contributed by atoms with Gasteiger partial charge >= 0.3 is 0 Å². The molecular weight excluding hydrogens is 311 g/mol. The molecule has 2 aromatic rings. The molecule has 2 N–H and O–H groups in total. The van der Waals surface area contributed by atoms with Crippen molar-refractivity contribution in [1.82, 2.24) is 10.4 Å². The van der Waals surface area contributed by atoms with Gasteiger partial charge in [-0.25, -0.2) is 9.82 Å². The van der Waals surface area contributed by atoms with E-state index >= 15 is 0 Å². The Kier molecular flexibility index (Phi) is 4.90. The number of hydrogen-bond donors (Lipinski definition) is 2. The average molecular weight is 330 g/mol. The van der Waals surface area contributed by atoms with E-state index in [0.29, 0.717) is 49.0 Å². The van der Waals surface area contributed by atoms with Crippen LogP contribution in [0.5, 0.6) is 0 Å². The fourth-order valence-corrected chi connectivity index (χ4v) is 2.52. The number of nitrogens with zero attached hydrogens (tertiary/aromatic N) is 2. The molecule has 2 heterocycles. The van der Waals surface area contributed by atoms with E-state index in [1.807, 2.05) is 4.90 Å². The van der Waals surface area contributed by atoms with E-state index in [1.165, 1.54) is 6.07 Å². The molecule has 1 fully saturated rings. The molecule has 1 amide bonds. The molecule has 3 rings (SSSR count). The number of ether oxygens (including phenoxy) is 1. The van der Waals surface area contributed by atoms with Crippen molar-refractivity contribution in [3.63, 3.8) is 0 Å². The van der Waals surface area contributed by atoms with Crippen LogP contribution in [-0.4, -0.2) is 42.9 Å². The minimum Gasteiger partial charge on any atom is -0.378 e. The summed E-state index contributed by atoms with van der Waals surface area (Å²) in [6.45, 7) is 4.28. The monoisotopic (exact) mass is 330 g/mol. The van der Waals surface area contributed by atoms with Crippen molar-refractivity contribution < 1.29 is 13.9 Å². The van der Waals surface area contributed by atoms with Crippen LogP contribution in [-0.2, 0) is 4.74 Å². The van der Waals surface area contributed by atoms with Crippen molar-refractivity contribution in [3.05, 3.63) is 53.6 Å². The van der Waals surface area contributed by atoms with Crippen LogP contribution in [0.2, 0.25) is 0 Å². The second-order valence-electron chi connectivity index (χ2n) is 5.49. The number of carbonyl (C=O) groups excluding carboxylic acids is 1. The van der Waals surface area contributed by atoms with Crippen molar-refractivity contribution in [2.45, 2.75) is 6.92 Å². The molecule has 126 valence electrons. The highest BCUT2D eigenvalue weighted by Gasteiger charge is 2.15. The zero-order valence-electron chi connectivity index (χ0n) is 13.4. The molecule has 0 atom stereocenters. The van der Waals surface area contributed by atoms with E-state index in [9.17, 15) is 9.18 Å². The number of aromatic amines is 1. The topological polar surface area (TPSA) is 69.7 Å². The summed E-state index contributed by atoms with van der Waals surface area (Å²) >= 11 is 0. The number of carbonyl (C=O) groups is 1. The first kappa shape index (κ1) is 16.2. The molecule has 0 bridgehead atoms. The number of benzene rings is 1. The van der Waals surface area contributed by atoms with E-state index < -0.39 is 0 Å². The minimum atomic E-state index is -0.343. The van der Waals surface area contributed by atoms with Crippen molar-refractivity contribution in [2.24, 2.45) is 5.10 Å². The lowest BCUT2D eigenvalue weighted by atomic mass is 10.1. The lowest BCUT2D eigenvalue weighted by Crippen LogP contribution is -2.36. The number of aromatic nitrogens is 1. The molecule has 1 aromatic carbocycles. The molecule has 1 aliphatic heterocycles. The molecule has 1 aliphatic rings. The summed E-state index contributed by atoms with van der Waals surface area (Å²) in [7, 11) is 0. The largest absolute Gasteiger partial charge is 0.378 e.